The summed E-state index contributed by atoms with van der Waals surface area (Å²) in [4.78, 5) is 31.1. The predicted molar refractivity (Wildman–Crippen MR) is 111 cm³/mol. The predicted octanol–water partition coefficient (Wildman–Crippen LogP) is 1.89. The maximum atomic E-state index is 13.5. The number of fused-ring (bicyclic) bond motifs is 3. The minimum absolute atomic E-state index is 0.0832. The third-order valence-corrected chi connectivity index (χ3v) is 7.70. The Kier molecular flexibility index (Phi) is 5.18. The van der Waals surface area contributed by atoms with Crippen LogP contribution in [0.5, 0.6) is 0 Å². The topological polar surface area (TPSA) is 93.7 Å². The van der Waals surface area contributed by atoms with Crippen LogP contribution in [0, 0.1) is 17.2 Å². The molecule has 2 amide bonds. The molecule has 0 aromatic heterocycles. The summed E-state index contributed by atoms with van der Waals surface area (Å²) in [6.45, 7) is 2.28. The molecule has 2 N–H and O–H groups in total. The second-order valence-electron chi connectivity index (χ2n) is 9.66. The summed E-state index contributed by atoms with van der Waals surface area (Å²) in [7, 11) is 0. The lowest BCUT2D eigenvalue weighted by atomic mass is 9.99. The van der Waals surface area contributed by atoms with Crippen molar-refractivity contribution in [1.29, 1.82) is 5.26 Å². The van der Waals surface area contributed by atoms with Crippen molar-refractivity contribution < 1.29 is 22.8 Å². The molecule has 0 radical (unpaired) electrons. The number of piperidine rings is 1. The van der Waals surface area contributed by atoms with Crippen LogP contribution in [0.2, 0.25) is 0 Å². The second kappa shape index (κ2) is 7.71. The summed E-state index contributed by atoms with van der Waals surface area (Å²) < 4.78 is 40.5. The molecule has 3 saturated heterocycles. The van der Waals surface area contributed by atoms with E-state index in [1.165, 1.54) is 12.1 Å². The number of alkyl halides is 3. The van der Waals surface area contributed by atoms with Gasteiger partial charge in [0.25, 0.3) is 0 Å². The van der Waals surface area contributed by atoms with Gasteiger partial charge in [0.2, 0.25) is 11.8 Å². The van der Waals surface area contributed by atoms with E-state index >= 15 is 0 Å². The Morgan fingerprint density at radius 1 is 1.27 bits per heavy atom. The highest BCUT2D eigenvalue weighted by molar-refractivity contribution is 5.87. The Balaban J connectivity index is 1.26. The fourth-order valence-electron chi connectivity index (χ4n) is 6.08. The van der Waals surface area contributed by atoms with Crippen molar-refractivity contribution >= 4 is 11.8 Å². The number of nitrogens with zero attached hydrogens (tertiary/aromatic N) is 4. The lowest BCUT2D eigenvalue weighted by Gasteiger charge is -2.39. The first-order valence-electron chi connectivity index (χ1n) is 11.3. The maximum absolute atomic E-state index is 13.5. The number of carbonyl (C=O) groups is 2. The molecule has 3 aliphatic heterocycles. The Bertz CT molecular complexity index is 1020. The number of likely N-dealkylation sites (tertiary alicyclic amines) is 3. The van der Waals surface area contributed by atoms with Crippen molar-refractivity contribution in [2.24, 2.45) is 11.7 Å². The van der Waals surface area contributed by atoms with Gasteiger partial charge in [0.1, 0.15) is 6.04 Å². The molecule has 33 heavy (non-hydrogen) atoms. The van der Waals surface area contributed by atoms with E-state index < -0.39 is 35.9 Å². The molecule has 1 aromatic rings. The van der Waals surface area contributed by atoms with Gasteiger partial charge in [-0.25, -0.2) is 0 Å². The number of benzene rings is 1. The van der Waals surface area contributed by atoms with Crippen LogP contribution in [-0.4, -0.2) is 69.8 Å². The summed E-state index contributed by atoms with van der Waals surface area (Å²) in [5.74, 6) is -0.0930. The monoisotopic (exact) mass is 461 g/mol. The number of hydrogen-bond acceptors (Lipinski definition) is 5. The number of halogens is 3. The molecule has 2 unspecified atom stereocenters. The van der Waals surface area contributed by atoms with Gasteiger partial charge in [-0.15, -0.1) is 0 Å². The zero-order chi connectivity index (χ0) is 23.7. The van der Waals surface area contributed by atoms with Gasteiger partial charge in [0, 0.05) is 25.2 Å². The van der Waals surface area contributed by atoms with Gasteiger partial charge in [-0.05, 0) is 43.7 Å². The number of carbonyl (C=O) groups excluding carboxylic acids is 2. The van der Waals surface area contributed by atoms with E-state index in [2.05, 4.69) is 6.07 Å². The van der Waals surface area contributed by atoms with Crippen LogP contribution in [0.4, 0.5) is 13.2 Å². The van der Waals surface area contributed by atoms with E-state index in [1.54, 1.807) is 22.8 Å². The quantitative estimate of drug-likeness (QED) is 0.723. The van der Waals surface area contributed by atoms with Crippen LogP contribution in [0.15, 0.2) is 24.3 Å². The zero-order valence-electron chi connectivity index (χ0n) is 18.2. The smallest absolute Gasteiger partial charge is 0.330 e. The molecule has 1 aromatic carbocycles. The zero-order valence-corrected chi connectivity index (χ0v) is 18.2. The molecule has 7 nitrogen and oxygen atoms in total. The highest BCUT2D eigenvalue weighted by Crippen LogP contribution is 2.48. The van der Waals surface area contributed by atoms with Gasteiger partial charge in [-0.3, -0.25) is 14.5 Å². The fraction of sp³-hybridized carbons (Fsp3) is 0.609. The Hall–Kier alpha value is -2.64. The highest BCUT2D eigenvalue weighted by Gasteiger charge is 2.56. The molecule has 5 rings (SSSR count). The number of rotatable bonds is 5. The van der Waals surface area contributed by atoms with E-state index in [9.17, 15) is 28.0 Å². The summed E-state index contributed by atoms with van der Waals surface area (Å²) in [5.41, 5.74) is 5.57. The van der Waals surface area contributed by atoms with Crippen LogP contribution < -0.4 is 5.73 Å². The standard InChI is InChI=1S/C23H26F3N5O2/c1-12(16-4-2-3-5-17(16)23(24,25)26)30-15-8-20(22(30)33)29(10-15)11-18(28)21(32)31-14(9-27)6-13-7-19(13)31/h2-5,12-15,18-20H,6-8,10-11,28H2,1H3/t12-,13?,14-,15?,18-,19-,20-/m0/s1. The Labute approximate surface area is 189 Å². The minimum Gasteiger partial charge on any atom is -0.330 e. The minimum atomic E-state index is -4.50. The molecule has 0 spiro atoms. The molecule has 2 bridgehead atoms. The van der Waals surface area contributed by atoms with Gasteiger partial charge in [0.15, 0.2) is 0 Å². The van der Waals surface area contributed by atoms with Crippen LogP contribution >= 0.6 is 0 Å². The normalized spacial score (nSPS) is 32.6. The first kappa shape index (κ1) is 22.2. The van der Waals surface area contributed by atoms with E-state index in [4.69, 9.17) is 5.73 Å². The molecular formula is C23H26F3N5O2. The number of piperazine rings is 1. The molecule has 3 heterocycles. The molecule has 10 heteroatoms. The third-order valence-electron chi connectivity index (χ3n) is 7.70. The van der Waals surface area contributed by atoms with Gasteiger partial charge >= 0.3 is 6.18 Å². The summed E-state index contributed by atoms with van der Waals surface area (Å²) >= 11 is 0. The van der Waals surface area contributed by atoms with Crippen LogP contribution in [-0.2, 0) is 15.8 Å². The SMILES string of the molecule is C[C@@H](c1ccccc1C(F)(F)F)N1C(=O)[C@@H]2CC1CN2C[C@H](N)C(=O)N1[C@H](C#N)CC2C[C@@H]21. The largest absolute Gasteiger partial charge is 0.416 e. The van der Waals surface area contributed by atoms with E-state index in [0.717, 1.165) is 12.5 Å². The number of nitriles is 1. The van der Waals surface area contributed by atoms with E-state index in [1.807, 2.05) is 4.90 Å². The average molecular weight is 461 g/mol. The number of amides is 2. The van der Waals surface area contributed by atoms with Crippen LogP contribution in [0.3, 0.4) is 0 Å². The summed E-state index contributed by atoms with van der Waals surface area (Å²) in [6, 6.07) is 4.93. The average Bonchev–Trinajstić information content (AvgIpc) is 3.11. The molecule has 1 saturated carbocycles. The first-order valence-corrected chi connectivity index (χ1v) is 11.3. The van der Waals surface area contributed by atoms with Gasteiger partial charge in [0.05, 0.1) is 29.8 Å². The van der Waals surface area contributed by atoms with Crippen molar-refractivity contribution in [2.45, 2.75) is 68.6 Å². The van der Waals surface area contributed by atoms with Crippen molar-refractivity contribution in [1.82, 2.24) is 14.7 Å². The van der Waals surface area contributed by atoms with E-state index in [-0.39, 0.29) is 36.0 Å². The second-order valence-corrected chi connectivity index (χ2v) is 9.66. The summed E-state index contributed by atoms with van der Waals surface area (Å²) in [6.07, 6.45) is -2.38. The lowest BCUT2D eigenvalue weighted by Crippen LogP contribution is -2.57. The Morgan fingerprint density at radius 3 is 2.67 bits per heavy atom. The third kappa shape index (κ3) is 3.58. The van der Waals surface area contributed by atoms with Crippen LogP contribution in [0.25, 0.3) is 0 Å². The molecular weight excluding hydrogens is 435 g/mol. The summed E-state index contributed by atoms with van der Waals surface area (Å²) in [5, 5.41) is 9.34. The maximum Gasteiger partial charge on any atom is 0.416 e. The molecule has 7 atom stereocenters. The number of nitrogens with two attached hydrogens (primary N) is 1. The molecule has 1 aliphatic carbocycles. The molecule has 4 fully saturated rings. The van der Waals surface area contributed by atoms with E-state index in [0.29, 0.717) is 25.3 Å². The van der Waals surface area contributed by atoms with Crippen molar-refractivity contribution in [3.8, 4) is 6.07 Å². The lowest BCUT2D eigenvalue weighted by molar-refractivity contribution is -0.143. The highest BCUT2D eigenvalue weighted by atomic mass is 19.4. The number of hydrogen-bond donors (Lipinski definition) is 1. The van der Waals surface area contributed by atoms with Crippen LogP contribution in [0.1, 0.15) is 43.4 Å². The Morgan fingerprint density at radius 2 is 2.00 bits per heavy atom. The van der Waals surface area contributed by atoms with Gasteiger partial charge in [-0.1, -0.05) is 18.2 Å². The van der Waals surface area contributed by atoms with Gasteiger partial charge in [-0.2, -0.15) is 18.4 Å². The molecule has 176 valence electrons. The fourth-order valence-corrected chi connectivity index (χ4v) is 6.08. The first-order chi connectivity index (χ1) is 15.6. The van der Waals surface area contributed by atoms with Gasteiger partial charge < -0.3 is 15.5 Å². The van der Waals surface area contributed by atoms with Crippen molar-refractivity contribution in [3.05, 3.63) is 35.4 Å². The van der Waals surface area contributed by atoms with Crippen molar-refractivity contribution in [2.75, 3.05) is 13.1 Å². The molecule has 4 aliphatic rings. The van der Waals surface area contributed by atoms with Crippen molar-refractivity contribution in [3.63, 3.8) is 0 Å².